The molecule has 1 fully saturated rings. The van der Waals surface area contributed by atoms with Gasteiger partial charge in [0.05, 0.1) is 24.7 Å². The number of carbonyl (C=O) groups excluding carboxylic acids is 1. The lowest BCUT2D eigenvalue weighted by atomic mass is 10.1. The first-order valence-electron chi connectivity index (χ1n) is 7.65. The van der Waals surface area contributed by atoms with E-state index in [0.29, 0.717) is 31.6 Å². The highest BCUT2D eigenvalue weighted by Crippen LogP contribution is 2.22. The number of rotatable bonds is 6. The normalized spacial score (nSPS) is 18.2. The molecule has 5 nitrogen and oxygen atoms in total. The molecule has 1 aliphatic rings. The molecule has 0 radical (unpaired) electrons. The minimum atomic E-state index is -4.18. The van der Waals surface area contributed by atoms with Gasteiger partial charge in [-0.3, -0.25) is 9.69 Å². The Morgan fingerprint density at radius 1 is 1.33 bits per heavy atom. The Hall–Kier alpha value is -2.27. The maximum atomic E-state index is 12.3. The number of amides is 1. The van der Waals surface area contributed by atoms with Crippen molar-refractivity contribution in [3.8, 4) is 6.07 Å². The van der Waals surface area contributed by atoms with Crippen LogP contribution >= 0.6 is 0 Å². The van der Waals surface area contributed by atoms with Crippen molar-refractivity contribution in [2.24, 2.45) is 5.92 Å². The van der Waals surface area contributed by atoms with Gasteiger partial charge in [-0.1, -0.05) is 0 Å². The molecule has 1 amide bonds. The van der Waals surface area contributed by atoms with Crippen LogP contribution in [0.4, 0.5) is 18.9 Å². The molecule has 8 heteroatoms. The van der Waals surface area contributed by atoms with Crippen molar-refractivity contribution >= 4 is 11.6 Å². The van der Waals surface area contributed by atoms with Crippen molar-refractivity contribution in [1.29, 1.82) is 5.26 Å². The minimum absolute atomic E-state index is 0.0474. The lowest BCUT2D eigenvalue weighted by molar-refractivity contribution is -0.143. The van der Waals surface area contributed by atoms with E-state index >= 15 is 0 Å². The summed E-state index contributed by atoms with van der Waals surface area (Å²) in [4.78, 5) is 13.2. The van der Waals surface area contributed by atoms with Crippen LogP contribution in [0.1, 0.15) is 12.0 Å². The number of halogens is 3. The van der Waals surface area contributed by atoms with Crippen LogP contribution < -0.4 is 10.6 Å². The van der Waals surface area contributed by atoms with E-state index in [2.05, 4.69) is 10.6 Å². The molecular weight excluding hydrogens is 321 g/mol. The summed E-state index contributed by atoms with van der Waals surface area (Å²) in [6.45, 7) is 0.317. The standard InChI is InChI=1S/C16H19F3N4O/c17-16(18,19)11-23-6-5-13(10-23)8-22-15(24)9-21-14-3-1-12(7-20)2-4-14/h1-4,13,21H,5-6,8-11H2,(H,22,24)/t13-/m1/s1. The van der Waals surface area contributed by atoms with Gasteiger partial charge in [0.1, 0.15) is 0 Å². The topological polar surface area (TPSA) is 68.2 Å². The van der Waals surface area contributed by atoms with Crippen molar-refractivity contribution < 1.29 is 18.0 Å². The maximum absolute atomic E-state index is 12.3. The van der Waals surface area contributed by atoms with E-state index < -0.39 is 12.7 Å². The monoisotopic (exact) mass is 340 g/mol. The molecule has 1 aromatic rings. The van der Waals surface area contributed by atoms with E-state index in [4.69, 9.17) is 5.26 Å². The molecule has 0 bridgehead atoms. The van der Waals surface area contributed by atoms with E-state index in [1.807, 2.05) is 6.07 Å². The Balaban J connectivity index is 1.65. The van der Waals surface area contributed by atoms with Gasteiger partial charge in [-0.2, -0.15) is 18.4 Å². The number of anilines is 1. The molecule has 1 saturated heterocycles. The quantitative estimate of drug-likeness (QED) is 0.831. The lowest BCUT2D eigenvalue weighted by Gasteiger charge is -2.18. The second kappa shape index (κ2) is 8.02. The zero-order valence-electron chi connectivity index (χ0n) is 13.1. The highest BCUT2D eigenvalue weighted by molar-refractivity contribution is 5.80. The highest BCUT2D eigenvalue weighted by atomic mass is 19.4. The van der Waals surface area contributed by atoms with Gasteiger partial charge in [-0.15, -0.1) is 0 Å². The van der Waals surface area contributed by atoms with E-state index in [0.717, 1.165) is 5.69 Å². The first kappa shape index (κ1) is 18.1. The Morgan fingerprint density at radius 3 is 2.67 bits per heavy atom. The van der Waals surface area contributed by atoms with Gasteiger partial charge in [0.15, 0.2) is 0 Å². The number of nitrogens with one attached hydrogen (secondary N) is 2. The fourth-order valence-electron chi connectivity index (χ4n) is 2.64. The number of hydrogen-bond acceptors (Lipinski definition) is 4. The van der Waals surface area contributed by atoms with Crippen molar-refractivity contribution in [2.45, 2.75) is 12.6 Å². The van der Waals surface area contributed by atoms with E-state index in [1.54, 1.807) is 24.3 Å². The molecule has 24 heavy (non-hydrogen) atoms. The molecule has 0 aromatic heterocycles. The number of hydrogen-bond donors (Lipinski definition) is 2. The number of benzene rings is 1. The summed E-state index contributed by atoms with van der Waals surface area (Å²) in [6, 6.07) is 8.71. The summed E-state index contributed by atoms with van der Waals surface area (Å²) in [7, 11) is 0. The Morgan fingerprint density at radius 2 is 2.04 bits per heavy atom. The molecule has 1 aromatic carbocycles. The molecule has 1 atom stereocenters. The smallest absolute Gasteiger partial charge is 0.376 e. The van der Waals surface area contributed by atoms with Crippen LogP contribution in [-0.2, 0) is 4.79 Å². The number of nitrogens with zero attached hydrogens (tertiary/aromatic N) is 2. The van der Waals surface area contributed by atoms with E-state index in [-0.39, 0.29) is 18.4 Å². The van der Waals surface area contributed by atoms with Crippen molar-refractivity contribution in [3.05, 3.63) is 29.8 Å². The molecule has 1 heterocycles. The third-order valence-corrected chi connectivity index (χ3v) is 3.83. The second-order valence-electron chi connectivity index (χ2n) is 5.85. The van der Waals surface area contributed by atoms with E-state index in [9.17, 15) is 18.0 Å². The van der Waals surface area contributed by atoms with Crippen LogP contribution in [0, 0.1) is 17.2 Å². The summed E-state index contributed by atoms with van der Waals surface area (Å²) in [5.41, 5.74) is 1.26. The average molecular weight is 340 g/mol. The maximum Gasteiger partial charge on any atom is 0.401 e. The predicted octanol–water partition coefficient (Wildman–Crippen LogP) is 1.97. The molecule has 130 valence electrons. The molecule has 0 saturated carbocycles. The average Bonchev–Trinajstić information content (AvgIpc) is 2.97. The third kappa shape index (κ3) is 6.08. The summed E-state index contributed by atoms with van der Waals surface area (Å²) in [5.74, 6) is -0.167. The molecule has 0 spiro atoms. The Kier molecular flexibility index (Phi) is 6.04. The summed E-state index contributed by atoms with van der Waals surface area (Å²) in [5, 5.41) is 14.4. The molecule has 0 aliphatic carbocycles. The first-order valence-corrected chi connectivity index (χ1v) is 7.65. The largest absolute Gasteiger partial charge is 0.401 e. The summed E-state index contributed by atoms with van der Waals surface area (Å²) in [6.07, 6.45) is -3.53. The van der Waals surface area contributed by atoms with Crippen LogP contribution in [0.3, 0.4) is 0 Å². The molecule has 0 unspecified atom stereocenters. The molecule has 1 aliphatic heterocycles. The summed E-state index contributed by atoms with van der Waals surface area (Å²) < 4.78 is 37.0. The second-order valence-corrected chi connectivity index (χ2v) is 5.85. The van der Waals surface area contributed by atoms with Crippen LogP contribution in [0.5, 0.6) is 0 Å². The van der Waals surface area contributed by atoms with Gasteiger partial charge >= 0.3 is 6.18 Å². The van der Waals surface area contributed by atoms with Crippen LogP contribution in [0.15, 0.2) is 24.3 Å². The number of likely N-dealkylation sites (tertiary alicyclic amines) is 1. The minimum Gasteiger partial charge on any atom is -0.376 e. The Labute approximate surface area is 138 Å². The number of carbonyl (C=O) groups is 1. The first-order chi connectivity index (χ1) is 11.4. The Bertz CT molecular complexity index is 595. The van der Waals surface area contributed by atoms with Gasteiger partial charge in [-0.25, -0.2) is 0 Å². The number of alkyl halides is 3. The molecule has 2 N–H and O–H groups in total. The van der Waals surface area contributed by atoms with Gasteiger partial charge in [0, 0.05) is 18.8 Å². The van der Waals surface area contributed by atoms with Crippen LogP contribution in [0.25, 0.3) is 0 Å². The van der Waals surface area contributed by atoms with Crippen molar-refractivity contribution in [1.82, 2.24) is 10.2 Å². The van der Waals surface area contributed by atoms with Crippen LogP contribution in [0.2, 0.25) is 0 Å². The number of nitriles is 1. The molecular formula is C16H19F3N4O. The SMILES string of the molecule is N#Cc1ccc(NCC(=O)NC[C@H]2CCN(CC(F)(F)F)C2)cc1. The van der Waals surface area contributed by atoms with E-state index in [1.165, 1.54) is 4.90 Å². The fourth-order valence-corrected chi connectivity index (χ4v) is 2.64. The summed E-state index contributed by atoms with van der Waals surface area (Å²) >= 11 is 0. The predicted molar refractivity (Wildman–Crippen MR) is 83.3 cm³/mol. The van der Waals surface area contributed by atoms with Gasteiger partial charge in [0.2, 0.25) is 5.91 Å². The van der Waals surface area contributed by atoms with Gasteiger partial charge in [0.25, 0.3) is 0 Å². The third-order valence-electron chi connectivity index (χ3n) is 3.83. The van der Waals surface area contributed by atoms with Crippen molar-refractivity contribution in [3.63, 3.8) is 0 Å². The zero-order chi connectivity index (χ0) is 17.6. The lowest BCUT2D eigenvalue weighted by Crippen LogP contribution is -2.36. The van der Waals surface area contributed by atoms with Gasteiger partial charge < -0.3 is 10.6 Å². The molecule has 2 rings (SSSR count). The van der Waals surface area contributed by atoms with Gasteiger partial charge in [-0.05, 0) is 43.1 Å². The fraction of sp³-hybridized carbons (Fsp3) is 0.500. The highest BCUT2D eigenvalue weighted by Gasteiger charge is 2.34. The van der Waals surface area contributed by atoms with Crippen molar-refractivity contribution in [2.75, 3.05) is 38.0 Å². The van der Waals surface area contributed by atoms with Crippen LogP contribution in [-0.4, -0.2) is 49.7 Å². The zero-order valence-corrected chi connectivity index (χ0v) is 13.1.